The van der Waals surface area contributed by atoms with Crippen molar-refractivity contribution in [2.75, 3.05) is 10.6 Å². The molecule has 6 heteroatoms. The summed E-state index contributed by atoms with van der Waals surface area (Å²) < 4.78 is 13.2. The van der Waals surface area contributed by atoms with Crippen molar-refractivity contribution in [2.24, 2.45) is 11.8 Å². The summed E-state index contributed by atoms with van der Waals surface area (Å²) in [5, 5.41) is 5.62. The molecule has 0 saturated heterocycles. The molecule has 0 atom stereocenters. The van der Waals surface area contributed by atoms with Gasteiger partial charge in [0.05, 0.1) is 0 Å². The van der Waals surface area contributed by atoms with Gasteiger partial charge in [-0.3, -0.25) is 14.4 Å². The first-order valence-corrected chi connectivity index (χ1v) is 9.40. The molecule has 0 radical (unpaired) electrons. The Morgan fingerprint density at radius 2 is 1.36 bits per heavy atom. The summed E-state index contributed by atoms with van der Waals surface area (Å²) in [5.74, 6) is -0.945. The minimum absolute atomic E-state index is 0.0206. The molecule has 1 aliphatic rings. The van der Waals surface area contributed by atoms with Crippen molar-refractivity contribution in [1.29, 1.82) is 0 Å². The predicted octanol–water partition coefficient (Wildman–Crippen LogP) is 4.41. The highest BCUT2D eigenvalue weighted by atomic mass is 19.1. The minimum atomic E-state index is -0.394. The van der Waals surface area contributed by atoms with E-state index in [2.05, 4.69) is 10.6 Å². The zero-order valence-corrected chi connectivity index (χ0v) is 15.7. The summed E-state index contributed by atoms with van der Waals surface area (Å²) in [7, 11) is 0. The lowest BCUT2D eigenvalue weighted by molar-refractivity contribution is -0.125. The van der Waals surface area contributed by atoms with Crippen LogP contribution in [0.1, 0.15) is 43.0 Å². The molecular weight excluding hydrogens is 359 g/mol. The fourth-order valence-electron chi connectivity index (χ4n) is 3.46. The number of rotatable bonds is 5. The maximum absolute atomic E-state index is 13.2. The molecule has 1 fully saturated rings. The van der Waals surface area contributed by atoms with Gasteiger partial charge in [-0.05, 0) is 75.1 Å². The molecule has 2 aromatic carbocycles. The standard InChI is InChI=1S/C22H23FN2O3/c1-14(26)15-9-11-19(12-10-15)24-21(27)16-5-7-17(8-6-16)22(28)25-20-4-2-3-18(23)13-20/h2-4,9-13,16-17H,5-8H2,1H3,(H,24,27)(H,25,28). The van der Waals surface area contributed by atoms with E-state index in [1.807, 2.05) is 0 Å². The zero-order valence-electron chi connectivity index (χ0n) is 15.7. The molecule has 0 bridgehead atoms. The van der Waals surface area contributed by atoms with E-state index < -0.39 is 5.82 Å². The third-order valence-electron chi connectivity index (χ3n) is 5.12. The van der Waals surface area contributed by atoms with E-state index in [0.717, 1.165) is 0 Å². The van der Waals surface area contributed by atoms with Crippen LogP contribution in [-0.4, -0.2) is 17.6 Å². The van der Waals surface area contributed by atoms with Crippen molar-refractivity contribution < 1.29 is 18.8 Å². The Morgan fingerprint density at radius 3 is 1.86 bits per heavy atom. The van der Waals surface area contributed by atoms with Crippen LogP contribution in [-0.2, 0) is 9.59 Å². The average molecular weight is 382 g/mol. The first-order valence-electron chi connectivity index (χ1n) is 9.40. The summed E-state index contributed by atoms with van der Waals surface area (Å²) in [6, 6.07) is 12.6. The van der Waals surface area contributed by atoms with Crippen LogP contribution in [0, 0.1) is 17.7 Å². The fraction of sp³-hybridized carbons (Fsp3) is 0.318. The highest BCUT2D eigenvalue weighted by Crippen LogP contribution is 2.30. The Balaban J connectivity index is 1.49. The van der Waals surface area contributed by atoms with Gasteiger partial charge in [0.15, 0.2) is 5.78 Å². The second-order valence-electron chi connectivity index (χ2n) is 7.17. The molecular formula is C22H23FN2O3. The van der Waals surface area contributed by atoms with Gasteiger partial charge in [0, 0.05) is 28.8 Å². The van der Waals surface area contributed by atoms with E-state index in [-0.39, 0.29) is 29.4 Å². The molecule has 2 amide bonds. The Morgan fingerprint density at radius 1 is 0.821 bits per heavy atom. The normalized spacial score (nSPS) is 18.9. The lowest BCUT2D eigenvalue weighted by Gasteiger charge is -2.27. The van der Waals surface area contributed by atoms with Gasteiger partial charge in [0.25, 0.3) is 0 Å². The molecule has 5 nitrogen and oxygen atoms in total. The number of hydrogen-bond donors (Lipinski definition) is 2. The quantitative estimate of drug-likeness (QED) is 0.752. The van der Waals surface area contributed by atoms with Crippen molar-refractivity contribution >= 4 is 29.0 Å². The summed E-state index contributed by atoms with van der Waals surface area (Å²) in [5.41, 5.74) is 1.70. The number of benzene rings is 2. The molecule has 1 aliphatic carbocycles. The van der Waals surface area contributed by atoms with Crippen LogP contribution in [0.4, 0.5) is 15.8 Å². The minimum Gasteiger partial charge on any atom is -0.326 e. The Kier molecular flexibility index (Phi) is 6.19. The number of ketones is 1. The smallest absolute Gasteiger partial charge is 0.227 e. The van der Waals surface area contributed by atoms with E-state index in [0.29, 0.717) is 42.6 Å². The summed E-state index contributed by atoms with van der Waals surface area (Å²) in [6.45, 7) is 1.50. The van der Waals surface area contributed by atoms with E-state index >= 15 is 0 Å². The van der Waals surface area contributed by atoms with Crippen LogP contribution in [0.5, 0.6) is 0 Å². The zero-order chi connectivity index (χ0) is 20.1. The van der Waals surface area contributed by atoms with Crippen molar-refractivity contribution in [3.63, 3.8) is 0 Å². The van der Waals surface area contributed by atoms with E-state index in [1.165, 1.54) is 19.1 Å². The molecule has 28 heavy (non-hydrogen) atoms. The number of carbonyl (C=O) groups excluding carboxylic acids is 3. The number of halogens is 1. The first-order chi connectivity index (χ1) is 13.4. The second-order valence-corrected chi connectivity index (χ2v) is 7.17. The van der Waals surface area contributed by atoms with Gasteiger partial charge >= 0.3 is 0 Å². The van der Waals surface area contributed by atoms with Gasteiger partial charge in [-0.2, -0.15) is 0 Å². The van der Waals surface area contributed by atoms with E-state index in [9.17, 15) is 18.8 Å². The number of nitrogens with one attached hydrogen (secondary N) is 2. The van der Waals surface area contributed by atoms with Crippen molar-refractivity contribution in [3.05, 3.63) is 59.9 Å². The summed E-state index contributed by atoms with van der Waals surface area (Å²) >= 11 is 0. The summed E-state index contributed by atoms with van der Waals surface area (Å²) in [4.78, 5) is 36.1. The first kappa shape index (κ1) is 19.7. The number of carbonyl (C=O) groups is 3. The fourth-order valence-corrected chi connectivity index (χ4v) is 3.46. The molecule has 0 spiro atoms. The summed E-state index contributed by atoms with van der Waals surface area (Å²) in [6.07, 6.45) is 2.47. The SMILES string of the molecule is CC(=O)c1ccc(NC(=O)C2CCC(C(=O)Nc3cccc(F)c3)CC2)cc1. The Labute approximate surface area is 163 Å². The Bertz CT molecular complexity index is 872. The molecule has 146 valence electrons. The largest absolute Gasteiger partial charge is 0.326 e. The van der Waals surface area contributed by atoms with Crippen molar-refractivity contribution in [2.45, 2.75) is 32.6 Å². The highest BCUT2D eigenvalue weighted by Gasteiger charge is 2.30. The third-order valence-corrected chi connectivity index (χ3v) is 5.12. The lowest BCUT2D eigenvalue weighted by atomic mass is 9.81. The molecule has 0 aromatic heterocycles. The van der Waals surface area contributed by atoms with E-state index in [4.69, 9.17) is 0 Å². The van der Waals surface area contributed by atoms with E-state index in [1.54, 1.807) is 36.4 Å². The van der Waals surface area contributed by atoms with Gasteiger partial charge < -0.3 is 10.6 Å². The third kappa shape index (κ3) is 5.03. The van der Waals surface area contributed by atoms with Gasteiger partial charge in [-0.15, -0.1) is 0 Å². The maximum atomic E-state index is 13.2. The molecule has 2 N–H and O–H groups in total. The molecule has 2 aromatic rings. The molecule has 0 aliphatic heterocycles. The number of anilines is 2. The highest BCUT2D eigenvalue weighted by molar-refractivity contribution is 5.96. The number of hydrogen-bond acceptors (Lipinski definition) is 3. The van der Waals surface area contributed by atoms with Gasteiger partial charge in [0.1, 0.15) is 5.82 Å². The topological polar surface area (TPSA) is 75.3 Å². The van der Waals surface area contributed by atoms with Gasteiger partial charge in [0.2, 0.25) is 11.8 Å². The Hall–Kier alpha value is -3.02. The lowest BCUT2D eigenvalue weighted by Crippen LogP contribution is -2.32. The number of Topliss-reactive ketones (excluding diaryl/α,β-unsaturated/α-hetero) is 1. The van der Waals surface area contributed by atoms with Crippen LogP contribution < -0.4 is 10.6 Å². The molecule has 0 heterocycles. The maximum Gasteiger partial charge on any atom is 0.227 e. The predicted molar refractivity (Wildman–Crippen MR) is 106 cm³/mol. The van der Waals surface area contributed by atoms with Crippen molar-refractivity contribution in [1.82, 2.24) is 0 Å². The average Bonchev–Trinajstić information content (AvgIpc) is 2.68. The van der Waals surface area contributed by atoms with Crippen LogP contribution in [0.3, 0.4) is 0 Å². The van der Waals surface area contributed by atoms with Crippen LogP contribution >= 0.6 is 0 Å². The van der Waals surface area contributed by atoms with Crippen LogP contribution in [0.15, 0.2) is 48.5 Å². The number of amides is 2. The van der Waals surface area contributed by atoms with Crippen molar-refractivity contribution in [3.8, 4) is 0 Å². The van der Waals surface area contributed by atoms with Gasteiger partial charge in [-0.1, -0.05) is 6.07 Å². The van der Waals surface area contributed by atoms with Crippen LogP contribution in [0.25, 0.3) is 0 Å². The van der Waals surface area contributed by atoms with Crippen LogP contribution in [0.2, 0.25) is 0 Å². The van der Waals surface area contributed by atoms with Gasteiger partial charge in [-0.25, -0.2) is 4.39 Å². The molecule has 1 saturated carbocycles. The molecule has 0 unspecified atom stereocenters. The monoisotopic (exact) mass is 382 g/mol. The molecule has 3 rings (SSSR count). The second kappa shape index (κ2) is 8.78.